The zero-order valence-electron chi connectivity index (χ0n) is 23.0. The van der Waals surface area contributed by atoms with Gasteiger partial charge in [-0.2, -0.15) is 0 Å². The number of Topliss-reactive ketones (excluding diaryl/α,β-unsaturated/α-hetero) is 1. The quantitative estimate of drug-likeness (QED) is 0.152. The number of amides is 1. The Morgan fingerprint density at radius 1 is 1.08 bits per heavy atom. The Morgan fingerprint density at radius 3 is 2.21 bits per heavy atom. The van der Waals surface area contributed by atoms with Gasteiger partial charge in [0.2, 0.25) is 5.78 Å². The van der Waals surface area contributed by atoms with Crippen LogP contribution in [0.3, 0.4) is 0 Å². The summed E-state index contributed by atoms with van der Waals surface area (Å²) in [5, 5.41) is 0. The van der Waals surface area contributed by atoms with Crippen molar-refractivity contribution in [3.05, 3.63) is 35.9 Å². The predicted octanol–water partition coefficient (Wildman–Crippen LogP) is 2.53. The Balaban J connectivity index is 2.18. The highest BCUT2D eigenvalue weighted by Gasteiger charge is 2.90. The molecule has 1 aliphatic carbocycles. The smallest absolute Gasteiger partial charge is 0.329 e. The third-order valence-electron chi connectivity index (χ3n) is 7.64. The van der Waals surface area contributed by atoms with Gasteiger partial charge in [0.25, 0.3) is 5.91 Å². The van der Waals surface area contributed by atoms with Gasteiger partial charge in [-0.05, 0) is 56.7 Å². The van der Waals surface area contributed by atoms with Crippen LogP contribution in [0.5, 0.6) is 11.5 Å². The van der Waals surface area contributed by atoms with Gasteiger partial charge in [0.15, 0.2) is 25.2 Å². The molecule has 1 saturated heterocycles. The first-order valence-electron chi connectivity index (χ1n) is 12.7. The Hall–Kier alpha value is -3.18. The molecule has 1 saturated carbocycles. The van der Waals surface area contributed by atoms with Crippen molar-refractivity contribution >= 4 is 31.9 Å². The minimum atomic E-state index is -2.43. The molecule has 11 heteroatoms. The summed E-state index contributed by atoms with van der Waals surface area (Å²) in [6, 6.07) is 2.17. The molecule has 38 heavy (non-hydrogen) atoms. The maximum Gasteiger partial charge on any atom is 0.329 e. The summed E-state index contributed by atoms with van der Waals surface area (Å²) in [5.41, 5.74) is -4.06. The van der Waals surface area contributed by atoms with Gasteiger partial charge in [-0.25, -0.2) is 4.79 Å². The molecule has 4 rings (SSSR count). The highest BCUT2D eigenvalue weighted by molar-refractivity contribution is 6.70. The number of ether oxygens (including phenoxy) is 4. The van der Waals surface area contributed by atoms with E-state index in [0.717, 1.165) is 0 Å². The first-order valence-corrected chi connectivity index (χ1v) is 16.1. The third-order valence-corrected chi connectivity index (χ3v) is 8.62. The standard InChI is InChI=1S/C27H35NO9Si/c1-9-25(37-38(6,7)8)15-26(24(32)36-11-3)21(29)22(30)28-18(23(31)35-10-2)12-16-13-19(33-4)20(34-5)14-17(16)27(25,26)28/h9,13-14,18H,1,10-12,15H2,2-8H3/t18-,25-,26-,27-/m0/s1. The van der Waals surface area contributed by atoms with Crippen LogP contribution in [0.25, 0.3) is 0 Å². The van der Waals surface area contributed by atoms with Crippen LogP contribution in [0, 0.1) is 5.41 Å². The number of hydrogen-bond donors (Lipinski definition) is 0. The monoisotopic (exact) mass is 545 g/mol. The van der Waals surface area contributed by atoms with Crippen molar-refractivity contribution < 1.29 is 42.6 Å². The van der Waals surface area contributed by atoms with E-state index < -0.39 is 54.5 Å². The van der Waals surface area contributed by atoms with Crippen molar-refractivity contribution in [2.45, 2.75) is 63.5 Å². The van der Waals surface area contributed by atoms with Gasteiger partial charge in [-0.3, -0.25) is 14.4 Å². The van der Waals surface area contributed by atoms with Gasteiger partial charge in [-0.15, -0.1) is 6.58 Å². The van der Waals surface area contributed by atoms with E-state index in [9.17, 15) is 19.2 Å². The van der Waals surface area contributed by atoms with Gasteiger partial charge in [0.05, 0.1) is 27.4 Å². The van der Waals surface area contributed by atoms with E-state index in [-0.39, 0.29) is 26.1 Å². The fraction of sp³-hybridized carbons (Fsp3) is 0.556. The van der Waals surface area contributed by atoms with Crippen LogP contribution < -0.4 is 9.47 Å². The second-order valence-electron chi connectivity index (χ2n) is 10.7. The van der Waals surface area contributed by atoms with E-state index in [2.05, 4.69) is 6.58 Å². The fourth-order valence-corrected chi connectivity index (χ4v) is 8.00. The molecule has 4 atom stereocenters. The number of methoxy groups -OCH3 is 2. The number of benzene rings is 1. The van der Waals surface area contributed by atoms with Crippen LogP contribution in [0.2, 0.25) is 19.6 Å². The lowest BCUT2D eigenvalue weighted by Gasteiger charge is -2.69. The topological polar surface area (TPSA) is 118 Å². The molecule has 1 amide bonds. The summed E-state index contributed by atoms with van der Waals surface area (Å²) in [7, 11) is 0.525. The molecule has 2 fully saturated rings. The largest absolute Gasteiger partial charge is 0.493 e. The maximum absolute atomic E-state index is 14.0. The van der Waals surface area contributed by atoms with Crippen molar-refractivity contribution in [1.29, 1.82) is 0 Å². The molecule has 0 radical (unpaired) electrons. The van der Waals surface area contributed by atoms with E-state index in [1.807, 2.05) is 19.6 Å². The second-order valence-corrected chi connectivity index (χ2v) is 15.1. The molecule has 2 heterocycles. The molecule has 1 spiro atoms. The third kappa shape index (κ3) is 3.33. The number of fused-ring (bicyclic) bond motifs is 1. The molecule has 1 aromatic carbocycles. The molecule has 10 nitrogen and oxygen atoms in total. The van der Waals surface area contributed by atoms with Gasteiger partial charge in [-0.1, -0.05) is 6.08 Å². The van der Waals surface area contributed by atoms with Crippen molar-refractivity contribution in [3.63, 3.8) is 0 Å². The SMILES string of the molecule is C=C[C@]1(O[Si](C)(C)C)C[C@@]2(C(=O)OCC)C(=O)C(=O)N3[C@H](C(=O)OCC)Cc4cc(OC)c(OC)cc4[C@@]321. The zero-order valence-corrected chi connectivity index (χ0v) is 24.0. The lowest BCUT2D eigenvalue weighted by molar-refractivity contribution is -0.236. The van der Waals surface area contributed by atoms with Crippen LogP contribution in [-0.2, 0) is 45.0 Å². The summed E-state index contributed by atoms with van der Waals surface area (Å²) in [4.78, 5) is 56.3. The molecule has 0 aromatic heterocycles. The highest BCUT2D eigenvalue weighted by atomic mass is 28.4. The Labute approximate surface area is 223 Å². The molecule has 1 aromatic rings. The van der Waals surface area contributed by atoms with Gasteiger partial charge in [0.1, 0.15) is 17.2 Å². The average molecular weight is 546 g/mol. The van der Waals surface area contributed by atoms with Gasteiger partial charge < -0.3 is 28.3 Å². The number of nitrogens with zero attached hydrogens (tertiary/aromatic N) is 1. The summed E-state index contributed by atoms with van der Waals surface area (Å²) in [5.74, 6) is -2.71. The van der Waals surface area contributed by atoms with Crippen LogP contribution in [0.1, 0.15) is 31.4 Å². The number of hydrogen-bond acceptors (Lipinski definition) is 9. The lowest BCUT2D eigenvalue weighted by Crippen LogP contribution is -2.82. The van der Waals surface area contributed by atoms with Crippen molar-refractivity contribution in [1.82, 2.24) is 4.90 Å². The summed E-state index contributed by atoms with van der Waals surface area (Å²) in [6.07, 6.45) is 1.43. The minimum Gasteiger partial charge on any atom is -0.493 e. The van der Waals surface area contributed by atoms with Crippen LogP contribution in [0.4, 0.5) is 0 Å². The molecule has 2 aliphatic heterocycles. The highest BCUT2D eigenvalue weighted by Crippen LogP contribution is 2.74. The fourth-order valence-electron chi connectivity index (χ4n) is 6.60. The minimum absolute atomic E-state index is 0.00576. The van der Waals surface area contributed by atoms with E-state index in [4.69, 9.17) is 23.4 Å². The van der Waals surface area contributed by atoms with Crippen molar-refractivity contribution in [3.8, 4) is 11.5 Å². The van der Waals surface area contributed by atoms with E-state index in [1.54, 1.807) is 32.1 Å². The number of carbonyl (C=O) groups excluding carboxylic acids is 4. The summed E-state index contributed by atoms with van der Waals surface area (Å²) < 4.78 is 28.7. The molecule has 0 bridgehead atoms. The molecule has 206 valence electrons. The first-order chi connectivity index (χ1) is 17.8. The van der Waals surface area contributed by atoms with Crippen LogP contribution in [-0.4, -0.2) is 75.9 Å². The Kier molecular flexibility index (Phi) is 6.76. The Bertz CT molecular complexity index is 1220. The van der Waals surface area contributed by atoms with E-state index >= 15 is 0 Å². The number of esters is 2. The Morgan fingerprint density at radius 2 is 1.68 bits per heavy atom. The molecule has 3 aliphatic rings. The van der Waals surface area contributed by atoms with E-state index in [0.29, 0.717) is 22.6 Å². The van der Waals surface area contributed by atoms with Gasteiger partial charge in [0, 0.05) is 12.8 Å². The lowest BCUT2D eigenvalue weighted by atomic mass is 9.42. The van der Waals surface area contributed by atoms with Crippen LogP contribution in [0.15, 0.2) is 24.8 Å². The number of ketones is 1. The van der Waals surface area contributed by atoms with Crippen molar-refractivity contribution in [2.75, 3.05) is 27.4 Å². The molecular weight excluding hydrogens is 510 g/mol. The molecule has 0 N–H and O–H groups in total. The predicted molar refractivity (Wildman–Crippen MR) is 138 cm³/mol. The number of carbonyl (C=O) groups is 4. The molecular formula is C27H35NO9Si. The number of rotatable bonds is 9. The van der Waals surface area contributed by atoms with Gasteiger partial charge >= 0.3 is 11.9 Å². The van der Waals surface area contributed by atoms with E-state index in [1.165, 1.54) is 19.1 Å². The second kappa shape index (κ2) is 9.23. The summed E-state index contributed by atoms with van der Waals surface area (Å²) >= 11 is 0. The summed E-state index contributed by atoms with van der Waals surface area (Å²) in [6.45, 7) is 13.3. The zero-order chi connectivity index (χ0) is 28.3. The maximum atomic E-state index is 14.0. The first kappa shape index (κ1) is 27.8. The molecule has 0 unspecified atom stereocenters. The normalized spacial score (nSPS) is 29.4. The van der Waals surface area contributed by atoms with Crippen LogP contribution >= 0.6 is 0 Å². The average Bonchev–Trinajstić information content (AvgIpc) is 3.03. The van der Waals surface area contributed by atoms with Crippen molar-refractivity contribution in [2.24, 2.45) is 5.41 Å².